The van der Waals surface area contributed by atoms with Crippen LogP contribution < -0.4 is 0 Å². The summed E-state index contributed by atoms with van der Waals surface area (Å²) in [7, 11) is 3.74. The summed E-state index contributed by atoms with van der Waals surface area (Å²) < 4.78 is 1.54. The number of carbonyl (C=O) groups is 1. The molecule has 1 heterocycles. The van der Waals surface area contributed by atoms with Gasteiger partial charge in [-0.2, -0.15) is 0 Å². The molecule has 1 aromatic carbocycles. The molecule has 1 unspecified atom stereocenters. The molecule has 0 bridgehead atoms. The Balaban J connectivity index is 2.44. The summed E-state index contributed by atoms with van der Waals surface area (Å²) >= 11 is 0. The molecule has 0 aliphatic heterocycles. The summed E-state index contributed by atoms with van der Waals surface area (Å²) in [6.07, 6.45) is 1.52. The highest BCUT2D eigenvalue weighted by Crippen LogP contribution is 2.30. The van der Waals surface area contributed by atoms with Gasteiger partial charge in [-0.1, -0.05) is 12.1 Å². The van der Waals surface area contributed by atoms with E-state index >= 15 is 0 Å². The number of hydrogen-bond donors (Lipinski definition) is 1. The number of aliphatic carboxylic acids is 1. The van der Waals surface area contributed by atoms with Crippen LogP contribution in [0.1, 0.15) is 18.9 Å². The zero-order chi connectivity index (χ0) is 14.8. The summed E-state index contributed by atoms with van der Waals surface area (Å²) in [5.74, 6) is -0.839. The fourth-order valence-electron chi connectivity index (χ4n) is 2.08. The maximum Gasteiger partial charge on any atom is 0.305 e. The molecule has 1 aromatic heterocycles. The number of aromatic nitrogens is 4. The van der Waals surface area contributed by atoms with Crippen molar-refractivity contribution in [3.63, 3.8) is 0 Å². The van der Waals surface area contributed by atoms with Crippen molar-refractivity contribution in [3.05, 3.63) is 36.2 Å². The predicted molar refractivity (Wildman–Crippen MR) is 72.4 cm³/mol. The van der Waals surface area contributed by atoms with Crippen LogP contribution in [0.5, 0.6) is 0 Å². The van der Waals surface area contributed by atoms with E-state index in [1.165, 1.54) is 6.33 Å². The molecule has 2 aromatic rings. The number of benzene rings is 1. The molecule has 20 heavy (non-hydrogen) atoms. The van der Waals surface area contributed by atoms with Crippen molar-refractivity contribution in [2.24, 2.45) is 0 Å². The summed E-state index contributed by atoms with van der Waals surface area (Å²) in [4.78, 5) is 13.0. The van der Waals surface area contributed by atoms with Crippen molar-refractivity contribution in [3.8, 4) is 5.69 Å². The SMILES string of the molecule is CN(C)C(C)(CC(=O)O)c1cccc(-n2cnnn2)c1. The van der Waals surface area contributed by atoms with Gasteiger partial charge < -0.3 is 5.11 Å². The Kier molecular flexibility index (Phi) is 3.80. The molecular formula is C13H17N5O2. The van der Waals surface area contributed by atoms with Crippen LogP contribution in [0.4, 0.5) is 0 Å². The minimum absolute atomic E-state index is 0.0130. The number of hydrogen-bond acceptors (Lipinski definition) is 5. The van der Waals surface area contributed by atoms with Crippen LogP contribution in [0.15, 0.2) is 30.6 Å². The van der Waals surface area contributed by atoms with E-state index in [4.69, 9.17) is 5.11 Å². The zero-order valence-electron chi connectivity index (χ0n) is 11.7. The van der Waals surface area contributed by atoms with E-state index in [1.54, 1.807) is 4.68 Å². The van der Waals surface area contributed by atoms with Crippen molar-refractivity contribution in [2.75, 3.05) is 14.1 Å². The molecule has 7 heteroatoms. The Morgan fingerprint density at radius 3 is 2.75 bits per heavy atom. The third-order valence-electron chi connectivity index (χ3n) is 3.56. The van der Waals surface area contributed by atoms with E-state index in [9.17, 15) is 4.79 Å². The maximum absolute atomic E-state index is 11.1. The number of tetrazole rings is 1. The molecule has 0 radical (unpaired) electrons. The van der Waals surface area contributed by atoms with Crippen molar-refractivity contribution >= 4 is 5.97 Å². The maximum atomic E-state index is 11.1. The molecule has 0 amide bonds. The highest BCUT2D eigenvalue weighted by atomic mass is 16.4. The van der Waals surface area contributed by atoms with Crippen LogP contribution in [0.25, 0.3) is 5.69 Å². The van der Waals surface area contributed by atoms with E-state index < -0.39 is 11.5 Å². The van der Waals surface area contributed by atoms with Gasteiger partial charge in [0.1, 0.15) is 6.33 Å². The van der Waals surface area contributed by atoms with E-state index in [2.05, 4.69) is 15.5 Å². The van der Waals surface area contributed by atoms with Gasteiger partial charge in [0, 0.05) is 0 Å². The van der Waals surface area contributed by atoms with Gasteiger partial charge in [0.2, 0.25) is 0 Å². The highest BCUT2D eigenvalue weighted by Gasteiger charge is 2.32. The number of carboxylic acid groups (broad SMARTS) is 1. The quantitative estimate of drug-likeness (QED) is 0.873. The molecule has 0 fully saturated rings. The molecule has 1 N–H and O–H groups in total. The van der Waals surface area contributed by atoms with E-state index in [1.807, 2.05) is 50.2 Å². The first-order valence-electron chi connectivity index (χ1n) is 6.16. The second kappa shape index (κ2) is 5.38. The largest absolute Gasteiger partial charge is 0.481 e. The van der Waals surface area contributed by atoms with Crippen molar-refractivity contribution in [1.82, 2.24) is 25.1 Å². The van der Waals surface area contributed by atoms with Crippen LogP contribution in [-0.2, 0) is 10.3 Å². The Morgan fingerprint density at radius 2 is 2.20 bits per heavy atom. The first kappa shape index (κ1) is 14.1. The summed E-state index contributed by atoms with van der Waals surface area (Å²) in [5, 5.41) is 20.2. The minimum Gasteiger partial charge on any atom is -0.481 e. The number of nitrogens with zero attached hydrogens (tertiary/aromatic N) is 5. The lowest BCUT2D eigenvalue weighted by molar-refractivity contribution is -0.140. The van der Waals surface area contributed by atoms with Gasteiger partial charge in [0.05, 0.1) is 17.6 Å². The van der Waals surface area contributed by atoms with Crippen LogP contribution in [0.2, 0.25) is 0 Å². The molecule has 2 rings (SSSR count). The zero-order valence-corrected chi connectivity index (χ0v) is 11.7. The average molecular weight is 275 g/mol. The first-order chi connectivity index (χ1) is 9.43. The Bertz CT molecular complexity index is 597. The monoisotopic (exact) mass is 275 g/mol. The average Bonchev–Trinajstić information content (AvgIpc) is 2.91. The molecule has 0 saturated carbocycles. The van der Waals surface area contributed by atoms with Crippen molar-refractivity contribution < 1.29 is 9.90 Å². The molecule has 106 valence electrons. The van der Waals surface area contributed by atoms with Gasteiger partial charge in [0.15, 0.2) is 0 Å². The topological polar surface area (TPSA) is 84.1 Å². The van der Waals surface area contributed by atoms with Crippen LogP contribution >= 0.6 is 0 Å². The summed E-state index contributed by atoms with van der Waals surface area (Å²) in [6.45, 7) is 1.90. The van der Waals surface area contributed by atoms with E-state index in [0.29, 0.717) is 0 Å². The number of rotatable bonds is 5. The van der Waals surface area contributed by atoms with Gasteiger partial charge >= 0.3 is 5.97 Å². The lowest BCUT2D eigenvalue weighted by Crippen LogP contribution is -2.40. The molecule has 0 saturated heterocycles. The molecule has 0 spiro atoms. The van der Waals surface area contributed by atoms with Crippen molar-refractivity contribution in [2.45, 2.75) is 18.9 Å². The second-order valence-electron chi connectivity index (χ2n) is 5.04. The van der Waals surface area contributed by atoms with Gasteiger partial charge in [0.25, 0.3) is 0 Å². The van der Waals surface area contributed by atoms with Gasteiger partial charge in [-0.05, 0) is 49.1 Å². The molecule has 1 atom stereocenters. The Hall–Kier alpha value is -2.28. The van der Waals surface area contributed by atoms with Crippen molar-refractivity contribution in [1.29, 1.82) is 0 Å². The standard InChI is InChI=1S/C13H17N5O2/c1-13(17(2)3,8-12(19)20)10-5-4-6-11(7-10)18-9-14-15-16-18/h4-7,9H,8H2,1-3H3,(H,19,20). The normalized spacial score (nSPS) is 14.2. The third kappa shape index (κ3) is 2.67. The van der Waals surface area contributed by atoms with Gasteiger partial charge in [-0.3, -0.25) is 9.69 Å². The summed E-state index contributed by atoms with van der Waals surface area (Å²) in [6, 6.07) is 7.56. The molecule has 0 aliphatic carbocycles. The molecule has 7 nitrogen and oxygen atoms in total. The highest BCUT2D eigenvalue weighted by molar-refractivity contribution is 5.69. The van der Waals surface area contributed by atoms with Gasteiger partial charge in [-0.25, -0.2) is 4.68 Å². The predicted octanol–water partition coefficient (Wildman–Crippen LogP) is 0.914. The van der Waals surface area contributed by atoms with E-state index in [-0.39, 0.29) is 6.42 Å². The summed E-state index contributed by atoms with van der Waals surface area (Å²) in [5.41, 5.74) is 1.10. The van der Waals surface area contributed by atoms with Gasteiger partial charge in [-0.15, -0.1) is 5.10 Å². The number of carboxylic acids is 1. The smallest absolute Gasteiger partial charge is 0.305 e. The second-order valence-corrected chi connectivity index (χ2v) is 5.04. The fourth-order valence-corrected chi connectivity index (χ4v) is 2.08. The Labute approximate surface area is 116 Å². The van der Waals surface area contributed by atoms with Crippen LogP contribution in [-0.4, -0.2) is 50.3 Å². The lowest BCUT2D eigenvalue weighted by atomic mass is 9.87. The minimum atomic E-state index is -0.839. The lowest BCUT2D eigenvalue weighted by Gasteiger charge is -2.36. The molecule has 0 aliphatic rings. The van der Waals surface area contributed by atoms with Crippen LogP contribution in [0.3, 0.4) is 0 Å². The first-order valence-corrected chi connectivity index (χ1v) is 6.16. The fraction of sp³-hybridized carbons (Fsp3) is 0.385. The third-order valence-corrected chi connectivity index (χ3v) is 3.56. The Morgan fingerprint density at radius 1 is 1.45 bits per heavy atom. The molecular weight excluding hydrogens is 258 g/mol. The van der Waals surface area contributed by atoms with E-state index in [0.717, 1.165) is 11.3 Å². The van der Waals surface area contributed by atoms with Crippen LogP contribution in [0, 0.1) is 0 Å².